The fourth-order valence-corrected chi connectivity index (χ4v) is 4.64. The number of hydrogen-bond acceptors (Lipinski definition) is 5. The van der Waals surface area contributed by atoms with Crippen LogP contribution in [0.1, 0.15) is 41.7 Å². The van der Waals surface area contributed by atoms with Crippen molar-refractivity contribution < 1.29 is 24.1 Å². The zero-order valence-corrected chi connectivity index (χ0v) is 17.2. The third-order valence-electron chi connectivity index (χ3n) is 6.31. The highest BCUT2D eigenvalue weighted by Gasteiger charge is 2.36. The van der Waals surface area contributed by atoms with Crippen LogP contribution in [-0.4, -0.2) is 53.7 Å². The lowest BCUT2D eigenvalue weighted by Gasteiger charge is -2.24. The lowest BCUT2D eigenvalue weighted by molar-refractivity contribution is 0.0695. The summed E-state index contributed by atoms with van der Waals surface area (Å²) in [6.45, 7) is 5.82. The Bertz CT molecular complexity index is 1050. The van der Waals surface area contributed by atoms with Gasteiger partial charge in [-0.05, 0) is 38.3 Å². The van der Waals surface area contributed by atoms with Gasteiger partial charge in [-0.25, -0.2) is 9.18 Å². The Balaban J connectivity index is 1.85. The number of hydrogen-bond donors (Lipinski definition) is 2. The Kier molecular flexibility index (Phi) is 5.55. The van der Waals surface area contributed by atoms with Gasteiger partial charge in [0.25, 0.3) is 0 Å². The minimum absolute atomic E-state index is 0.00274. The zero-order chi connectivity index (χ0) is 21.6. The molecule has 1 saturated carbocycles. The van der Waals surface area contributed by atoms with Crippen LogP contribution >= 0.6 is 0 Å². The lowest BCUT2D eigenvalue weighted by Crippen LogP contribution is -2.25. The molecule has 1 aromatic carbocycles. The number of carbonyl (C=O) groups is 1. The Morgan fingerprint density at radius 3 is 2.60 bits per heavy atom. The van der Waals surface area contributed by atoms with Crippen molar-refractivity contribution in [2.75, 3.05) is 37.8 Å². The first-order valence-corrected chi connectivity index (χ1v) is 10.4. The standard InChI is InChI=1S/C22H27FN2O5/c1-3-30-11-14-8-24(7-13(14)10-26)20-12(2)19-16(6-18(20)23)21(27)17(22(28)29)9-25(19)15-4-5-15/h6,9,13-15,26H,3-5,7-8,10-11H2,1-2H3,(H,28,29). The summed E-state index contributed by atoms with van der Waals surface area (Å²) in [5.74, 6) is -1.78. The van der Waals surface area contributed by atoms with Crippen LogP contribution in [0, 0.1) is 24.6 Å². The number of aryl methyl sites for hydroxylation is 1. The summed E-state index contributed by atoms with van der Waals surface area (Å²) < 4.78 is 22.6. The highest BCUT2D eigenvalue weighted by Crippen LogP contribution is 2.41. The van der Waals surface area contributed by atoms with E-state index >= 15 is 4.39 Å². The first-order valence-electron chi connectivity index (χ1n) is 10.4. The SMILES string of the molecule is CCOCC1CN(c2c(F)cc3c(=O)c(C(=O)O)cn(C4CC4)c3c2C)CC1CO. The molecule has 162 valence electrons. The van der Waals surface area contributed by atoms with E-state index in [2.05, 4.69) is 0 Å². The normalized spacial score (nSPS) is 21.5. The summed E-state index contributed by atoms with van der Waals surface area (Å²) in [6, 6.07) is 1.30. The fourth-order valence-electron chi connectivity index (χ4n) is 4.64. The monoisotopic (exact) mass is 418 g/mol. The number of benzene rings is 1. The smallest absolute Gasteiger partial charge is 0.341 e. The quantitative estimate of drug-likeness (QED) is 0.718. The van der Waals surface area contributed by atoms with Crippen LogP contribution < -0.4 is 10.3 Å². The molecule has 0 radical (unpaired) electrons. The van der Waals surface area contributed by atoms with E-state index in [1.807, 2.05) is 16.4 Å². The van der Waals surface area contributed by atoms with Crippen LogP contribution in [0.2, 0.25) is 0 Å². The van der Waals surface area contributed by atoms with Gasteiger partial charge >= 0.3 is 5.97 Å². The minimum atomic E-state index is -1.30. The summed E-state index contributed by atoms with van der Waals surface area (Å²) in [5, 5.41) is 19.3. The second kappa shape index (κ2) is 8.00. The van der Waals surface area contributed by atoms with Gasteiger partial charge in [0.15, 0.2) is 0 Å². The number of aromatic carboxylic acids is 1. The molecule has 4 rings (SSSR count). The van der Waals surface area contributed by atoms with Crippen LogP contribution in [-0.2, 0) is 4.74 Å². The maximum atomic E-state index is 15.3. The van der Waals surface area contributed by atoms with Crippen LogP contribution in [0.4, 0.5) is 10.1 Å². The van der Waals surface area contributed by atoms with E-state index in [-0.39, 0.29) is 35.4 Å². The topological polar surface area (TPSA) is 92.0 Å². The third kappa shape index (κ3) is 3.48. The number of carboxylic acid groups (broad SMARTS) is 1. The molecule has 30 heavy (non-hydrogen) atoms. The zero-order valence-electron chi connectivity index (χ0n) is 17.2. The van der Waals surface area contributed by atoms with E-state index in [9.17, 15) is 19.8 Å². The summed E-state index contributed by atoms with van der Waals surface area (Å²) >= 11 is 0. The average molecular weight is 418 g/mol. The lowest BCUT2D eigenvalue weighted by atomic mass is 9.98. The molecule has 2 atom stereocenters. The number of fused-ring (bicyclic) bond motifs is 1. The molecule has 8 heteroatoms. The van der Waals surface area contributed by atoms with Gasteiger partial charge in [-0.1, -0.05) is 0 Å². The number of halogens is 1. The van der Waals surface area contributed by atoms with Crippen LogP contribution in [0.15, 0.2) is 17.1 Å². The molecule has 2 heterocycles. The number of rotatable bonds is 7. The Labute approximate surface area is 173 Å². The molecule has 0 bridgehead atoms. The van der Waals surface area contributed by atoms with Crippen molar-refractivity contribution in [1.82, 2.24) is 4.57 Å². The maximum Gasteiger partial charge on any atom is 0.341 e. The van der Waals surface area contributed by atoms with E-state index in [1.54, 1.807) is 6.92 Å². The van der Waals surface area contributed by atoms with Crippen molar-refractivity contribution in [3.05, 3.63) is 39.4 Å². The molecule has 1 aromatic heterocycles. The molecular formula is C22H27FN2O5. The minimum Gasteiger partial charge on any atom is -0.477 e. The van der Waals surface area contributed by atoms with Crippen LogP contribution in [0.5, 0.6) is 0 Å². The van der Waals surface area contributed by atoms with Crippen molar-refractivity contribution in [3.8, 4) is 0 Å². The molecule has 0 amide bonds. The Hall–Kier alpha value is -2.45. The number of anilines is 1. The highest BCUT2D eigenvalue weighted by molar-refractivity contribution is 5.95. The number of carboxylic acids is 1. The number of nitrogens with zero attached hydrogens (tertiary/aromatic N) is 2. The van der Waals surface area contributed by atoms with Crippen molar-refractivity contribution >= 4 is 22.6 Å². The van der Waals surface area contributed by atoms with Gasteiger partial charge in [0.05, 0.1) is 17.8 Å². The van der Waals surface area contributed by atoms with E-state index < -0.39 is 17.2 Å². The second-order valence-corrected chi connectivity index (χ2v) is 8.31. The second-order valence-electron chi connectivity index (χ2n) is 8.31. The average Bonchev–Trinajstić information content (AvgIpc) is 3.47. The van der Waals surface area contributed by atoms with Crippen LogP contribution in [0.3, 0.4) is 0 Å². The Morgan fingerprint density at radius 2 is 2.00 bits per heavy atom. The highest BCUT2D eigenvalue weighted by atomic mass is 19.1. The van der Waals surface area contributed by atoms with Gasteiger partial charge in [0, 0.05) is 55.8 Å². The number of aromatic nitrogens is 1. The van der Waals surface area contributed by atoms with E-state index in [0.717, 1.165) is 12.8 Å². The van der Waals surface area contributed by atoms with E-state index in [1.165, 1.54) is 12.3 Å². The number of ether oxygens (including phenoxy) is 1. The molecule has 2 N–H and O–H groups in total. The summed E-state index contributed by atoms with van der Waals surface area (Å²) in [5.41, 5.74) is 0.639. The molecule has 1 saturated heterocycles. The van der Waals surface area contributed by atoms with Crippen molar-refractivity contribution in [1.29, 1.82) is 0 Å². The first-order chi connectivity index (χ1) is 14.4. The molecular weight excluding hydrogens is 391 g/mol. The molecule has 0 spiro atoms. The van der Waals surface area contributed by atoms with Crippen molar-refractivity contribution in [2.45, 2.75) is 32.7 Å². The van der Waals surface area contributed by atoms with Crippen molar-refractivity contribution in [2.24, 2.45) is 11.8 Å². The van der Waals surface area contributed by atoms with Gasteiger partial charge in [-0.15, -0.1) is 0 Å². The van der Waals surface area contributed by atoms with Crippen molar-refractivity contribution in [3.63, 3.8) is 0 Å². The van der Waals surface area contributed by atoms with Crippen LogP contribution in [0.25, 0.3) is 10.9 Å². The number of pyridine rings is 1. The van der Waals surface area contributed by atoms with Gasteiger partial charge in [-0.3, -0.25) is 4.79 Å². The molecule has 2 unspecified atom stereocenters. The van der Waals surface area contributed by atoms with Gasteiger partial charge in [0.1, 0.15) is 11.4 Å². The van der Waals surface area contributed by atoms with Gasteiger partial charge in [0.2, 0.25) is 5.43 Å². The summed E-state index contributed by atoms with van der Waals surface area (Å²) in [6.07, 6.45) is 3.20. The van der Waals surface area contributed by atoms with Gasteiger partial charge in [-0.2, -0.15) is 0 Å². The molecule has 1 aliphatic carbocycles. The third-order valence-corrected chi connectivity index (χ3v) is 6.31. The number of aliphatic hydroxyl groups excluding tert-OH is 1. The fraction of sp³-hybridized carbons (Fsp3) is 0.545. The first kappa shape index (κ1) is 20.8. The van der Waals surface area contributed by atoms with Gasteiger partial charge < -0.3 is 24.4 Å². The maximum absolute atomic E-state index is 15.3. The predicted molar refractivity (Wildman–Crippen MR) is 111 cm³/mol. The number of aliphatic hydroxyl groups is 1. The molecule has 7 nitrogen and oxygen atoms in total. The van der Waals surface area contributed by atoms with E-state index in [4.69, 9.17) is 4.74 Å². The molecule has 2 fully saturated rings. The predicted octanol–water partition coefficient (Wildman–Crippen LogP) is 2.56. The summed E-state index contributed by atoms with van der Waals surface area (Å²) in [4.78, 5) is 26.2. The molecule has 2 aliphatic rings. The van der Waals surface area contributed by atoms with E-state index in [0.29, 0.717) is 43.1 Å². The molecule has 1 aliphatic heterocycles. The summed E-state index contributed by atoms with van der Waals surface area (Å²) in [7, 11) is 0. The Morgan fingerprint density at radius 1 is 1.30 bits per heavy atom. The largest absolute Gasteiger partial charge is 0.477 e. The molecule has 2 aromatic rings.